The third kappa shape index (κ3) is 11.2. The maximum atomic E-state index is 14.1. The molecule has 0 amide bonds. The highest BCUT2D eigenvalue weighted by Gasteiger charge is 2.20. The van der Waals surface area contributed by atoms with Gasteiger partial charge in [0.15, 0.2) is 0 Å². The summed E-state index contributed by atoms with van der Waals surface area (Å²) < 4.78 is 85.6. The molecule has 20 heteroatoms. The van der Waals surface area contributed by atoms with Gasteiger partial charge < -0.3 is 15.4 Å². The van der Waals surface area contributed by atoms with Crippen molar-refractivity contribution in [1.29, 1.82) is 0 Å². The van der Waals surface area contributed by atoms with Crippen LogP contribution in [0.4, 0.5) is 43.2 Å². The molecule has 0 unspecified atom stereocenters. The van der Waals surface area contributed by atoms with Crippen molar-refractivity contribution in [3.8, 4) is 28.0 Å². The van der Waals surface area contributed by atoms with Crippen LogP contribution in [0.1, 0.15) is 5.56 Å². The Morgan fingerprint density at radius 2 is 1.16 bits per heavy atom. The van der Waals surface area contributed by atoms with E-state index in [1.165, 1.54) is 32.2 Å². The molecule has 0 saturated carbocycles. The first-order valence-electron chi connectivity index (χ1n) is 19.9. The molecule has 338 valence electrons. The Hall–Kier alpha value is -7.87. The molecule has 67 heavy (non-hydrogen) atoms. The lowest BCUT2D eigenvalue weighted by Gasteiger charge is -2.12. The summed E-state index contributed by atoms with van der Waals surface area (Å²) in [6.07, 6.45) is 10.1. The van der Waals surface area contributed by atoms with Crippen LogP contribution in [0.5, 0.6) is 5.75 Å². The van der Waals surface area contributed by atoms with Gasteiger partial charge >= 0.3 is 0 Å². The van der Waals surface area contributed by atoms with Crippen molar-refractivity contribution in [2.75, 3.05) is 33.4 Å². The number of nitrogens with zero attached hydrogens (tertiary/aromatic N) is 6. The lowest BCUT2D eigenvalue weighted by molar-refractivity contribution is 0.415. The van der Waals surface area contributed by atoms with E-state index < -0.39 is 36.6 Å². The topological polar surface area (TPSA) is 203 Å². The standard InChI is InChI=1S/C26H18ClF2N5O3S.C21H19N5O2S/c1-37-24-6-4-18(11-21(24)27)33-26-20-9-15(2-5-23(20)31-14-32-26)16-8-19(13-30-12-16)34-38(35,36)25-7-3-17(28)10-22(25)29;1-14-4-3-5-17(8-14)25-21-19-10-15(6-7-20(19)23-13-24-21)16-9-18(12-22-11-16)26-29(2,27)28/h2-14,34H,1H3,(H,31,32,33);3-13,26H,1-2H3,(H,23,24,25). The fourth-order valence-electron chi connectivity index (χ4n) is 6.84. The highest BCUT2D eigenvalue weighted by Crippen LogP contribution is 2.33. The summed E-state index contributed by atoms with van der Waals surface area (Å²) in [5.74, 6) is -0.323. The SMILES string of the molecule is COc1ccc(Nc2ncnc3ccc(-c4cncc(NS(=O)(=O)c5ccc(F)cc5F)c4)cc23)cc1Cl.Cc1cccc(Nc2ncnc3ccc(-c4cncc(NS(C)(=O)=O)c4)cc23)c1. The number of sulfonamides is 2. The molecule has 0 aliphatic carbocycles. The van der Waals surface area contributed by atoms with Gasteiger partial charge in [0, 0.05) is 51.7 Å². The number of hydrogen-bond donors (Lipinski definition) is 4. The van der Waals surface area contributed by atoms with Gasteiger partial charge in [-0.25, -0.2) is 45.6 Å². The summed E-state index contributed by atoms with van der Waals surface area (Å²) >= 11 is 6.24. The number of pyridine rings is 2. The highest BCUT2D eigenvalue weighted by atomic mass is 35.5. The molecular formula is C47H37ClF2N10O5S2. The van der Waals surface area contributed by atoms with Gasteiger partial charge in [0.25, 0.3) is 10.0 Å². The monoisotopic (exact) mass is 958 g/mol. The second-order valence-corrected chi connectivity index (χ2v) is 18.7. The van der Waals surface area contributed by atoms with Gasteiger partial charge in [-0.1, -0.05) is 35.9 Å². The zero-order valence-corrected chi connectivity index (χ0v) is 37.9. The van der Waals surface area contributed by atoms with Crippen molar-refractivity contribution in [1.82, 2.24) is 29.9 Å². The van der Waals surface area contributed by atoms with Crippen molar-refractivity contribution in [3.05, 3.63) is 169 Å². The van der Waals surface area contributed by atoms with Crippen molar-refractivity contribution in [3.63, 3.8) is 0 Å². The van der Waals surface area contributed by atoms with Crippen LogP contribution in [0, 0.1) is 18.6 Å². The van der Waals surface area contributed by atoms with Crippen LogP contribution in [-0.2, 0) is 20.0 Å². The molecule has 0 aliphatic heterocycles. The molecule has 5 aromatic carbocycles. The summed E-state index contributed by atoms with van der Waals surface area (Å²) in [7, 11) is -6.17. The van der Waals surface area contributed by atoms with Crippen LogP contribution >= 0.6 is 11.6 Å². The Balaban J connectivity index is 0.000000188. The predicted molar refractivity (Wildman–Crippen MR) is 257 cm³/mol. The van der Waals surface area contributed by atoms with E-state index >= 15 is 0 Å². The van der Waals surface area contributed by atoms with Crippen LogP contribution in [0.3, 0.4) is 0 Å². The van der Waals surface area contributed by atoms with E-state index in [2.05, 4.69) is 50.0 Å². The fraction of sp³-hybridized carbons (Fsp3) is 0.0638. The van der Waals surface area contributed by atoms with Gasteiger partial charge in [-0.3, -0.25) is 19.4 Å². The van der Waals surface area contributed by atoms with Gasteiger partial charge in [-0.15, -0.1) is 0 Å². The second kappa shape index (κ2) is 19.3. The average molecular weight is 959 g/mol. The molecule has 0 fully saturated rings. The predicted octanol–water partition coefficient (Wildman–Crippen LogP) is 10.3. The molecule has 4 heterocycles. The van der Waals surface area contributed by atoms with Crippen LogP contribution in [0.15, 0.2) is 152 Å². The molecular weight excluding hydrogens is 922 g/mol. The molecule has 9 rings (SSSR count). The quantitative estimate of drug-likeness (QED) is 0.0901. The summed E-state index contributed by atoms with van der Waals surface area (Å²) in [5, 5.41) is 8.56. The van der Waals surface area contributed by atoms with Gasteiger partial charge in [0.2, 0.25) is 10.0 Å². The summed E-state index contributed by atoms with van der Waals surface area (Å²) in [4.78, 5) is 25.0. The molecule has 0 atom stereocenters. The third-order valence-electron chi connectivity index (χ3n) is 9.85. The minimum atomic E-state index is -4.33. The van der Waals surface area contributed by atoms with Gasteiger partial charge in [0.05, 0.1) is 53.2 Å². The number of hydrogen-bond acceptors (Lipinski definition) is 13. The molecule has 0 spiro atoms. The number of rotatable bonds is 12. The maximum Gasteiger partial charge on any atom is 0.264 e. The number of aromatic nitrogens is 6. The van der Waals surface area contributed by atoms with Gasteiger partial charge in [-0.05, 0) is 102 Å². The summed E-state index contributed by atoms with van der Waals surface area (Å²) in [5.41, 5.74) is 7.70. The third-order valence-corrected chi connectivity index (χ3v) is 12.2. The average Bonchev–Trinajstić information content (AvgIpc) is 3.29. The van der Waals surface area contributed by atoms with E-state index in [9.17, 15) is 25.6 Å². The Kier molecular flexibility index (Phi) is 13.2. The van der Waals surface area contributed by atoms with Gasteiger partial charge in [-0.2, -0.15) is 0 Å². The molecule has 4 N–H and O–H groups in total. The fourth-order valence-corrected chi connectivity index (χ4v) is 8.73. The number of benzene rings is 5. The van der Waals surface area contributed by atoms with E-state index in [0.717, 1.165) is 51.7 Å². The molecule has 4 aromatic heterocycles. The van der Waals surface area contributed by atoms with Crippen molar-refractivity contribution in [2.45, 2.75) is 11.8 Å². The number of ether oxygens (including phenoxy) is 1. The minimum absolute atomic E-state index is 0.0989. The van der Waals surface area contributed by atoms with Crippen molar-refractivity contribution >= 4 is 87.8 Å². The number of halogens is 3. The largest absolute Gasteiger partial charge is 0.495 e. The Labute approximate surface area is 388 Å². The smallest absolute Gasteiger partial charge is 0.264 e. The number of fused-ring (bicyclic) bond motifs is 2. The maximum absolute atomic E-state index is 14.1. The van der Waals surface area contributed by atoms with Crippen LogP contribution in [0.2, 0.25) is 5.02 Å². The van der Waals surface area contributed by atoms with Crippen molar-refractivity contribution < 1.29 is 30.4 Å². The van der Waals surface area contributed by atoms with E-state index in [4.69, 9.17) is 16.3 Å². The van der Waals surface area contributed by atoms with E-state index in [1.54, 1.807) is 54.9 Å². The Morgan fingerprint density at radius 3 is 1.70 bits per heavy atom. The lowest BCUT2D eigenvalue weighted by atomic mass is 10.0. The van der Waals surface area contributed by atoms with Crippen LogP contribution in [0.25, 0.3) is 44.1 Å². The van der Waals surface area contributed by atoms with Crippen LogP contribution < -0.4 is 24.8 Å². The molecule has 15 nitrogen and oxygen atoms in total. The number of anilines is 6. The zero-order chi connectivity index (χ0) is 47.3. The highest BCUT2D eigenvalue weighted by molar-refractivity contribution is 7.92. The van der Waals surface area contributed by atoms with Crippen LogP contribution in [-0.4, -0.2) is 60.1 Å². The molecule has 0 bridgehead atoms. The summed E-state index contributed by atoms with van der Waals surface area (Å²) in [6.45, 7) is 2.03. The van der Waals surface area contributed by atoms with E-state index in [0.29, 0.717) is 61.9 Å². The number of aryl methyl sites for hydroxylation is 1. The Morgan fingerprint density at radius 1 is 0.582 bits per heavy atom. The zero-order valence-electron chi connectivity index (χ0n) is 35.5. The Bertz CT molecular complexity index is 3560. The number of nitrogens with one attached hydrogen (secondary N) is 4. The van der Waals surface area contributed by atoms with Gasteiger partial charge in [0.1, 0.15) is 46.6 Å². The first kappa shape index (κ1) is 45.7. The minimum Gasteiger partial charge on any atom is -0.495 e. The summed E-state index contributed by atoms with van der Waals surface area (Å²) in [6, 6.07) is 30.0. The second-order valence-electron chi connectivity index (χ2n) is 14.9. The molecule has 9 aromatic rings. The molecule has 0 saturated heterocycles. The molecule has 0 radical (unpaired) electrons. The molecule has 0 aliphatic rings. The normalized spacial score (nSPS) is 11.4. The van der Waals surface area contributed by atoms with Crippen molar-refractivity contribution in [2.24, 2.45) is 0 Å². The first-order chi connectivity index (χ1) is 32.1. The lowest BCUT2D eigenvalue weighted by Crippen LogP contribution is -2.15. The number of methoxy groups -OCH3 is 1. The van der Waals surface area contributed by atoms with E-state index in [-0.39, 0.29) is 5.69 Å². The van der Waals surface area contributed by atoms with E-state index in [1.807, 2.05) is 55.5 Å². The first-order valence-corrected chi connectivity index (χ1v) is 23.7.